The molecule has 0 atom stereocenters. The topological polar surface area (TPSA) is 103 Å². The van der Waals surface area contributed by atoms with Gasteiger partial charge < -0.3 is 28.2 Å². The standard InChI is InChI=1S/C38H26N4O.C24H18N2.C14H9BrN2O/c1-3-12-27(13-4-1)37-39-40-38(43-37)28-14-11-17-32(26-28)41(29-15-5-2-6-16-29)30-22-24-31(25-23-30)42-35-20-9-7-18-33(35)34-19-8-10-21-36(34)42;1-2-8-18(9-3-1)25-19-14-16-20(17-15-19)26-23-12-6-4-10-21(23)22-11-5-7-13-24(22)26;15-12-8-4-7-11(9-12)14-17-16-13(18-14)10-5-2-1-3-6-10/h1-26H;1-17,25H;1-9H. The average Bonchev–Trinajstić information content (AvgIpc) is 1.91. The summed E-state index contributed by atoms with van der Waals surface area (Å²) >= 11 is 3.42. The van der Waals surface area contributed by atoms with Crippen LogP contribution in [0.5, 0.6) is 0 Å². The van der Waals surface area contributed by atoms with E-state index in [4.69, 9.17) is 8.83 Å². The first kappa shape index (κ1) is 53.6. The zero-order chi connectivity index (χ0) is 58.3. The molecule has 0 radical (unpaired) electrons. The molecule has 0 fully saturated rings. The predicted molar refractivity (Wildman–Crippen MR) is 358 cm³/mol. The van der Waals surface area contributed by atoms with E-state index in [-0.39, 0.29) is 0 Å². The third-order valence-electron chi connectivity index (χ3n) is 15.0. The Morgan fingerprint density at radius 2 is 0.621 bits per heavy atom. The molecular weight excluding hydrogens is 1140 g/mol. The number of fused-ring (bicyclic) bond motifs is 6. The van der Waals surface area contributed by atoms with E-state index in [9.17, 15) is 0 Å². The molecule has 0 amide bonds. The van der Waals surface area contributed by atoms with Gasteiger partial charge in [-0.2, -0.15) is 0 Å². The molecule has 0 aliphatic heterocycles. The summed E-state index contributed by atoms with van der Waals surface area (Å²) in [6.45, 7) is 0. The monoisotopic (exact) mass is 1190 g/mol. The predicted octanol–water partition coefficient (Wildman–Crippen LogP) is 20.7. The first-order chi connectivity index (χ1) is 43.1. The molecule has 11 heteroatoms. The zero-order valence-corrected chi connectivity index (χ0v) is 48.4. The fraction of sp³-hybridized carbons (Fsp3) is 0. The molecule has 0 saturated heterocycles. The zero-order valence-electron chi connectivity index (χ0n) is 46.8. The molecule has 0 saturated carbocycles. The Balaban J connectivity index is 0.000000128. The summed E-state index contributed by atoms with van der Waals surface area (Å²) in [5.74, 6) is 2.04. The molecule has 16 rings (SSSR count). The highest BCUT2D eigenvalue weighted by Crippen LogP contribution is 2.39. The molecule has 10 nitrogen and oxygen atoms in total. The summed E-state index contributed by atoms with van der Waals surface area (Å²) in [5, 5.41) is 25.3. The van der Waals surface area contributed by atoms with Crippen molar-refractivity contribution >= 4 is 88.0 Å². The summed E-state index contributed by atoms with van der Waals surface area (Å²) in [6.07, 6.45) is 0. The number of aromatic nitrogens is 6. The first-order valence-electron chi connectivity index (χ1n) is 28.5. The van der Waals surface area contributed by atoms with E-state index in [1.165, 1.54) is 49.3 Å². The second-order valence-corrected chi connectivity index (χ2v) is 21.5. The van der Waals surface area contributed by atoms with Gasteiger partial charge >= 0.3 is 0 Å². The SMILES string of the molecule is Brc1cccc(-c2nnc(-c3ccccc3)o2)c1.c1ccc(-c2nnc(-c3cccc(N(c4ccccc4)c4ccc(-n5c6ccccc6c6ccccc65)cc4)c3)o2)cc1.c1ccc(Nc2ccc(-n3c4ccccc4c4ccccc43)cc2)cc1. The van der Waals surface area contributed by atoms with Crippen LogP contribution in [0, 0.1) is 0 Å². The smallest absolute Gasteiger partial charge is 0.248 e. The van der Waals surface area contributed by atoms with Gasteiger partial charge in [-0.3, -0.25) is 0 Å². The van der Waals surface area contributed by atoms with E-state index in [2.05, 4.69) is 250 Å². The lowest BCUT2D eigenvalue weighted by Crippen LogP contribution is -2.10. The minimum absolute atomic E-state index is 0.482. The molecule has 0 aliphatic carbocycles. The molecule has 16 aromatic rings. The normalized spacial score (nSPS) is 11.0. The number of nitrogens with one attached hydrogen (secondary N) is 1. The van der Waals surface area contributed by atoms with Crippen LogP contribution < -0.4 is 10.2 Å². The van der Waals surface area contributed by atoms with Gasteiger partial charge in [0.15, 0.2) is 0 Å². The number of hydrogen-bond donors (Lipinski definition) is 1. The minimum atomic E-state index is 0.482. The van der Waals surface area contributed by atoms with Crippen molar-refractivity contribution in [2.75, 3.05) is 10.2 Å². The van der Waals surface area contributed by atoms with Gasteiger partial charge in [0.25, 0.3) is 0 Å². The van der Waals surface area contributed by atoms with Gasteiger partial charge in [0.1, 0.15) is 0 Å². The van der Waals surface area contributed by atoms with E-state index in [0.29, 0.717) is 23.6 Å². The van der Waals surface area contributed by atoms with Crippen molar-refractivity contribution in [1.29, 1.82) is 0 Å². The Labute approximate surface area is 510 Å². The first-order valence-corrected chi connectivity index (χ1v) is 29.3. The summed E-state index contributed by atoms with van der Waals surface area (Å²) in [7, 11) is 0. The van der Waals surface area contributed by atoms with Crippen LogP contribution in [0.25, 0.3) is 101 Å². The molecule has 4 heterocycles. The number of para-hydroxylation sites is 6. The van der Waals surface area contributed by atoms with Crippen LogP contribution >= 0.6 is 15.9 Å². The molecule has 416 valence electrons. The van der Waals surface area contributed by atoms with Crippen LogP contribution in [0.2, 0.25) is 0 Å². The van der Waals surface area contributed by atoms with Crippen molar-refractivity contribution in [3.05, 3.63) is 320 Å². The molecule has 12 aromatic carbocycles. The number of hydrogen-bond acceptors (Lipinski definition) is 8. The molecular formula is C76H53BrN8O2. The van der Waals surface area contributed by atoms with E-state index in [1.807, 2.05) is 121 Å². The number of nitrogens with zero attached hydrogens (tertiary/aromatic N) is 7. The third-order valence-corrected chi connectivity index (χ3v) is 15.5. The Morgan fingerprint density at radius 3 is 1.08 bits per heavy atom. The van der Waals surface area contributed by atoms with Crippen LogP contribution in [0.3, 0.4) is 0 Å². The van der Waals surface area contributed by atoms with Crippen LogP contribution in [-0.4, -0.2) is 29.5 Å². The van der Waals surface area contributed by atoms with Crippen molar-refractivity contribution in [1.82, 2.24) is 29.5 Å². The summed E-state index contributed by atoms with van der Waals surface area (Å²) in [5.41, 5.74) is 16.0. The van der Waals surface area contributed by atoms with Crippen LogP contribution in [0.15, 0.2) is 329 Å². The quantitative estimate of drug-likeness (QED) is 0.137. The summed E-state index contributed by atoms with van der Waals surface area (Å²) in [6, 6.07) is 108. The van der Waals surface area contributed by atoms with E-state index < -0.39 is 0 Å². The number of benzene rings is 12. The number of anilines is 5. The highest BCUT2D eigenvalue weighted by molar-refractivity contribution is 9.10. The molecule has 4 aromatic heterocycles. The van der Waals surface area contributed by atoms with Crippen LogP contribution in [-0.2, 0) is 0 Å². The second kappa shape index (κ2) is 24.4. The third kappa shape index (κ3) is 11.3. The maximum Gasteiger partial charge on any atom is 0.248 e. The highest BCUT2D eigenvalue weighted by Gasteiger charge is 2.19. The van der Waals surface area contributed by atoms with E-state index >= 15 is 0 Å². The Kier molecular flexibility index (Phi) is 15.1. The highest BCUT2D eigenvalue weighted by atomic mass is 79.9. The van der Waals surface area contributed by atoms with E-state index in [1.54, 1.807) is 0 Å². The van der Waals surface area contributed by atoms with Crippen molar-refractivity contribution in [2.24, 2.45) is 0 Å². The van der Waals surface area contributed by atoms with Gasteiger partial charge in [-0.1, -0.05) is 174 Å². The van der Waals surface area contributed by atoms with Gasteiger partial charge in [0.05, 0.1) is 22.1 Å². The van der Waals surface area contributed by atoms with Gasteiger partial charge in [0, 0.05) is 88.1 Å². The molecule has 87 heavy (non-hydrogen) atoms. The maximum absolute atomic E-state index is 6.09. The lowest BCUT2D eigenvalue weighted by Gasteiger charge is -2.26. The van der Waals surface area contributed by atoms with Crippen molar-refractivity contribution in [3.63, 3.8) is 0 Å². The Morgan fingerprint density at radius 1 is 0.287 bits per heavy atom. The van der Waals surface area contributed by atoms with Crippen LogP contribution in [0.1, 0.15) is 0 Å². The largest absolute Gasteiger partial charge is 0.416 e. The maximum atomic E-state index is 6.09. The molecule has 0 bridgehead atoms. The molecule has 0 unspecified atom stereocenters. The lowest BCUT2D eigenvalue weighted by molar-refractivity contribution is 0.584. The molecule has 0 spiro atoms. The molecule has 1 N–H and O–H groups in total. The Hall–Kier alpha value is -11.4. The summed E-state index contributed by atoms with van der Waals surface area (Å²) in [4.78, 5) is 2.24. The number of rotatable bonds is 11. The van der Waals surface area contributed by atoms with Gasteiger partial charge in [-0.15, -0.1) is 20.4 Å². The molecule has 0 aliphatic rings. The van der Waals surface area contributed by atoms with Crippen molar-refractivity contribution in [2.45, 2.75) is 0 Å². The number of halogens is 1. The van der Waals surface area contributed by atoms with Crippen LogP contribution in [0.4, 0.5) is 28.4 Å². The van der Waals surface area contributed by atoms with Gasteiger partial charge in [0.2, 0.25) is 23.6 Å². The van der Waals surface area contributed by atoms with Gasteiger partial charge in [-0.05, 0) is 158 Å². The second-order valence-electron chi connectivity index (χ2n) is 20.6. The fourth-order valence-corrected chi connectivity index (χ4v) is 11.4. The van der Waals surface area contributed by atoms with Crippen molar-refractivity contribution in [3.8, 4) is 57.2 Å². The Bertz CT molecular complexity index is 4860. The average molecular weight is 1190 g/mol. The lowest BCUT2D eigenvalue weighted by atomic mass is 10.1. The van der Waals surface area contributed by atoms with Gasteiger partial charge in [-0.25, -0.2) is 0 Å². The minimum Gasteiger partial charge on any atom is -0.416 e. The van der Waals surface area contributed by atoms with E-state index in [0.717, 1.165) is 60.9 Å². The fourth-order valence-electron chi connectivity index (χ4n) is 11.0. The van der Waals surface area contributed by atoms with Crippen molar-refractivity contribution < 1.29 is 8.83 Å². The summed E-state index contributed by atoms with van der Waals surface area (Å²) < 4.78 is 17.4.